The van der Waals surface area contributed by atoms with Crippen molar-refractivity contribution < 1.29 is 4.79 Å². The second kappa shape index (κ2) is 10.4. The van der Waals surface area contributed by atoms with Gasteiger partial charge in [0.05, 0.1) is 0 Å². The molecular weight excluding hydrogens is 445 g/mol. The van der Waals surface area contributed by atoms with E-state index in [4.69, 9.17) is 0 Å². The van der Waals surface area contributed by atoms with Gasteiger partial charge in [-0.15, -0.1) is 24.8 Å². The first kappa shape index (κ1) is 22.3. The van der Waals surface area contributed by atoms with E-state index in [9.17, 15) is 4.79 Å². The van der Waals surface area contributed by atoms with Crippen molar-refractivity contribution in [3.63, 3.8) is 0 Å². The SMILES string of the molecule is CC1CNCCN1C(=O)c1cccc(Sc2cccc(Br)c2)n1.Cl.Cl. The Kier molecular flexibility index (Phi) is 9.24. The van der Waals surface area contributed by atoms with Gasteiger partial charge < -0.3 is 10.2 Å². The summed E-state index contributed by atoms with van der Waals surface area (Å²) in [7, 11) is 0. The smallest absolute Gasteiger partial charge is 0.272 e. The topological polar surface area (TPSA) is 45.2 Å². The summed E-state index contributed by atoms with van der Waals surface area (Å²) in [4.78, 5) is 20.2. The van der Waals surface area contributed by atoms with Crippen LogP contribution in [0.4, 0.5) is 0 Å². The Balaban J connectivity index is 0.00000156. The minimum absolute atomic E-state index is 0. The largest absolute Gasteiger partial charge is 0.332 e. The number of benzene rings is 1. The quantitative estimate of drug-likeness (QED) is 0.736. The van der Waals surface area contributed by atoms with Gasteiger partial charge >= 0.3 is 0 Å². The van der Waals surface area contributed by atoms with E-state index in [-0.39, 0.29) is 36.8 Å². The van der Waals surface area contributed by atoms with Crippen LogP contribution in [-0.4, -0.2) is 41.5 Å². The second-order valence-electron chi connectivity index (χ2n) is 5.47. The number of carbonyl (C=O) groups is 1. The number of nitrogens with zero attached hydrogens (tertiary/aromatic N) is 2. The summed E-state index contributed by atoms with van der Waals surface area (Å²) in [5.41, 5.74) is 0.513. The summed E-state index contributed by atoms with van der Waals surface area (Å²) in [6.45, 7) is 4.45. The van der Waals surface area contributed by atoms with Crippen molar-refractivity contribution in [3.05, 3.63) is 52.6 Å². The van der Waals surface area contributed by atoms with E-state index in [1.54, 1.807) is 17.8 Å². The molecule has 1 N–H and O–H groups in total. The normalized spacial score (nSPS) is 16.6. The third-order valence-electron chi connectivity index (χ3n) is 3.72. The average Bonchev–Trinajstić information content (AvgIpc) is 2.55. The van der Waals surface area contributed by atoms with Crippen LogP contribution in [0, 0.1) is 0 Å². The zero-order valence-electron chi connectivity index (χ0n) is 13.6. The fraction of sp³-hybridized carbons (Fsp3) is 0.294. The highest BCUT2D eigenvalue weighted by Gasteiger charge is 2.24. The van der Waals surface area contributed by atoms with Crippen LogP contribution in [0.25, 0.3) is 0 Å². The number of amides is 1. The number of nitrogens with one attached hydrogen (secondary N) is 1. The van der Waals surface area contributed by atoms with Gasteiger partial charge in [-0.25, -0.2) is 4.98 Å². The first-order valence-electron chi connectivity index (χ1n) is 7.55. The van der Waals surface area contributed by atoms with Crippen molar-refractivity contribution in [1.82, 2.24) is 15.2 Å². The molecule has 1 amide bonds. The zero-order valence-corrected chi connectivity index (χ0v) is 17.7. The Hall–Kier alpha value is -0.790. The van der Waals surface area contributed by atoms with Crippen LogP contribution < -0.4 is 5.32 Å². The fourth-order valence-electron chi connectivity index (χ4n) is 2.53. The van der Waals surface area contributed by atoms with E-state index in [0.717, 1.165) is 34.0 Å². The van der Waals surface area contributed by atoms with Crippen LogP contribution in [0.3, 0.4) is 0 Å². The Morgan fingerprint density at radius 3 is 2.76 bits per heavy atom. The maximum absolute atomic E-state index is 12.7. The molecule has 0 bridgehead atoms. The van der Waals surface area contributed by atoms with E-state index in [0.29, 0.717) is 5.69 Å². The Labute approximate surface area is 173 Å². The van der Waals surface area contributed by atoms with Gasteiger partial charge in [0, 0.05) is 35.0 Å². The number of piperazine rings is 1. The summed E-state index contributed by atoms with van der Waals surface area (Å²) in [5, 5.41) is 4.13. The molecule has 1 aromatic carbocycles. The molecule has 0 spiro atoms. The number of halogens is 3. The number of hydrogen-bond donors (Lipinski definition) is 1. The zero-order chi connectivity index (χ0) is 16.2. The Morgan fingerprint density at radius 1 is 1.28 bits per heavy atom. The lowest BCUT2D eigenvalue weighted by Crippen LogP contribution is -2.52. The lowest BCUT2D eigenvalue weighted by molar-refractivity contribution is 0.0649. The average molecular weight is 465 g/mol. The van der Waals surface area contributed by atoms with Gasteiger partial charge in [0.2, 0.25) is 0 Å². The predicted molar refractivity (Wildman–Crippen MR) is 110 cm³/mol. The second-order valence-corrected chi connectivity index (χ2v) is 7.48. The first-order chi connectivity index (χ1) is 11.1. The highest BCUT2D eigenvalue weighted by Crippen LogP contribution is 2.28. The van der Waals surface area contributed by atoms with Crippen molar-refractivity contribution in [2.75, 3.05) is 19.6 Å². The van der Waals surface area contributed by atoms with E-state index in [1.807, 2.05) is 41.3 Å². The number of hydrogen-bond acceptors (Lipinski definition) is 4. The van der Waals surface area contributed by atoms with Gasteiger partial charge in [-0.1, -0.05) is 39.8 Å². The van der Waals surface area contributed by atoms with Crippen molar-refractivity contribution >= 4 is 58.4 Å². The maximum Gasteiger partial charge on any atom is 0.272 e. The van der Waals surface area contributed by atoms with Gasteiger partial charge in [-0.05, 0) is 37.3 Å². The molecule has 1 saturated heterocycles. The lowest BCUT2D eigenvalue weighted by atomic mass is 10.2. The van der Waals surface area contributed by atoms with Crippen LogP contribution in [0.1, 0.15) is 17.4 Å². The molecule has 1 aliphatic heterocycles. The van der Waals surface area contributed by atoms with Gasteiger partial charge in [-0.2, -0.15) is 0 Å². The fourth-order valence-corrected chi connectivity index (χ4v) is 3.95. The van der Waals surface area contributed by atoms with Gasteiger partial charge in [0.15, 0.2) is 0 Å². The highest BCUT2D eigenvalue weighted by molar-refractivity contribution is 9.10. The summed E-state index contributed by atoms with van der Waals surface area (Å²) in [6.07, 6.45) is 0. The monoisotopic (exact) mass is 463 g/mol. The van der Waals surface area contributed by atoms with Crippen molar-refractivity contribution in [2.24, 2.45) is 0 Å². The summed E-state index contributed by atoms with van der Waals surface area (Å²) < 4.78 is 1.03. The summed E-state index contributed by atoms with van der Waals surface area (Å²) in [6, 6.07) is 13.9. The standard InChI is InChI=1S/C17H18BrN3OS.2ClH/c1-12-11-19-8-9-21(12)17(22)15-6-3-7-16(20-15)23-14-5-2-4-13(18)10-14;;/h2-7,10,12,19H,8-9,11H2,1H3;2*1H. The number of pyridine rings is 1. The van der Waals surface area contributed by atoms with Crippen LogP contribution in [0.5, 0.6) is 0 Å². The third-order valence-corrected chi connectivity index (χ3v) is 5.14. The van der Waals surface area contributed by atoms with Crippen molar-refractivity contribution in [1.29, 1.82) is 0 Å². The molecular formula is C17H20BrCl2N3OS. The molecule has 0 saturated carbocycles. The first-order valence-corrected chi connectivity index (χ1v) is 9.16. The van der Waals surface area contributed by atoms with E-state index >= 15 is 0 Å². The third kappa shape index (κ3) is 5.86. The van der Waals surface area contributed by atoms with Crippen LogP contribution in [0.15, 0.2) is 56.9 Å². The minimum Gasteiger partial charge on any atom is -0.332 e. The molecule has 4 nitrogen and oxygen atoms in total. The molecule has 2 heterocycles. The number of carbonyl (C=O) groups excluding carboxylic acids is 1. The minimum atomic E-state index is 0. The molecule has 1 aromatic heterocycles. The summed E-state index contributed by atoms with van der Waals surface area (Å²) in [5.74, 6) is 0.00990. The molecule has 1 unspecified atom stereocenters. The molecule has 1 atom stereocenters. The molecule has 3 rings (SSSR count). The van der Waals surface area contributed by atoms with Crippen LogP contribution in [-0.2, 0) is 0 Å². The number of aromatic nitrogens is 1. The maximum atomic E-state index is 12.7. The summed E-state index contributed by atoms with van der Waals surface area (Å²) >= 11 is 5.03. The molecule has 25 heavy (non-hydrogen) atoms. The molecule has 2 aromatic rings. The van der Waals surface area contributed by atoms with E-state index in [1.165, 1.54) is 0 Å². The molecule has 1 fully saturated rings. The Morgan fingerprint density at radius 2 is 2.04 bits per heavy atom. The van der Waals surface area contributed by atoms with Gasteiger partial charge in [0.1, 0.15) is 10.7 Å². The molecule has 1 aliphatic rings. The molecule has 8 heteroatoms. The van der Waals surface area contributed by atoms with Crippen LogP contribution >= 0.6 is 52.5 Å². The van der Waals surface area contributed by atoms with Gasteiger partial charge in [-0.3, -0.25) is 4.79 Å². The van der Waals surface area contributed by atoms with Crippen molar-refractivity contribution in [2.45, 2.75) is 22.9 Å². The van der Waals surface area contributed by atoms with Crippen LogP contribution in [0.2, 0.25) is 0 Å². The molecule has 0 radical (unpaired) electrons. The van der Waals surface area contributed by atoms with Crippen molar-refractivity contribution in [3.8, 4) is 0 Å². The van der Waals surface area contributed by atoms with E-state index in [2.05, 4.69) is 33.2 Å². The Bertz CT molecular complexity index is 720. The van der Waals surface area contributed by atoms with E-state index < -0.39 is 0 Å². The highest BCUT2D eigenvalue weighted by atomic mass is 79.9. The number of rotatable bonds is 3. The lowest BCUT2D eigenvalue weighted by Gasteiger charge is -2.33. The van der Waals surface area contributed by atoms with Gasteiger partial charge in [0.25, 0.3) is 5.91 Å². The molecule has 136 valence electrons. The molecule has 0 aliphatic carbocycles. The predicted octanol–water partition coefficient (Wildman–Crippen LogP) is 4.27.